The lowest BCUT2D eigenvalue weighted by Gasteiger charge is -2.28. The van der Waals surface area contributed by atoms with Crippen LogP contribution in [-0.4, -0.2) is 37.7 Å². The van der Waals surface area contributed by atoms with Crippen LogP contribution in [-0.2, 0) is 9.59 Å². The molecule has 27 heavy (non-hydrogen) atoms. The molecule has 2 N–H and O–H groups in total. The van der Waals surface area contributed by atoms with Gasteiger partial charge in [-0.2, -0.15) is 0 Å². The van der Waals surface area contributed by atoms with E-state index in [9.17, 15) is 18.4 Å². The highest BCUT2D eigenvalue weighted by Crippen LogP contribution is 2.32. The van der Waals surface area contributed by atoms with Crippen LogP contribution in [0.5, 0.6) is 0 Å². The fraction of sp³-hybridized carbons (Fsp3) is 0.211. The average molecular weight is 370 g/mol. The fourth-order valence-electron chi connectivity index (χ4n) is 3.25. The van der Waals surface area contributed by atoms with Crippen molar-refractivity contribution in [1.82, 2.24) is 5.32 Å². The summed E-state index contributed by atoms with van der Waals surface area (Å²) in [6.07, 6.45) is 1.42. The number of halogens is 2. The van der Waals surface area contributed by atoms with Crippen LogP contribution in [0, 0.1) is 11.6 Å². The van der Waals surface area contributed by atoms with Gasteiger partial charge in [0.15, 0.2) is 0 Å². The molecular weight excluding hydrogens is 354 g/mol. The number of hydrogen-bond acceptors (Lipinski definition) is 4. The minimum atomic E-state index is -0.658. The molecule has 0 saturated carbocycles. The van der Waals surface area contributed by atoms with Gasteiger partial charge in [-0.05, 0) is 29.8 Å². The second-order valence-electron chi connectivity index (χ2n) is 6.38. The van der Waals surface area contributed by atoms with Gasteiger partial charge in [-0.3, -0.25) is 14.6 Å². The van der Waals surface area contributed by atoms with Crippen molar-refractivity contribution in [2.75, 3.05) is 29.9 Å². The van der Waals surface area contributed by atoms with Crippen LogP contribution in [0.4, 0.5) is 25.8 Å². The molecule has 1 unspecified atom stereocenters. The lowest BCUT2D eigenvalue weighted by Crippen LogP contribution is -2.48. The molecule has 8 heteroatoms. The van der Waals surface area contributed by atoms with Gasteiger partial charge in [0.2, 0.25) is 11.8 Å². The number of rotatable bonds is 3. The Morgan fingerprint density at radius 3 is 2.78 bits per heavy atom. The summed E-state index contributed by atoms with van der Waals surface area (Å²) in [6, 6.07) is 8.52. The number of amides is 2. The molecule has 0 aromatic heterocycles. The molecule has 1 atom stereocenters. The predicted molar refractivity (Wildman–Crippen MR) is 97.5 cm³/mol. The van der Waals surface area contributed by atoms with Crippen molar-refractivity contribution in [2.24, 2.45) is 4.99 Å². The molecular formula is C19H16F2N4O2. The van der Waals surface area contributed by atoms with Crippen molar-refractivity contribution in [3.05, 3.63) is 53.6 Å². The van der Waals surface area contributed by atoms with Gasteiger partial charge in [0, 0.05) is 31.1 Å². The number of carbonyl (C=O) groups excluding carboxylic acids is 2. The van der Waals surface area contributed by atoms with Crippen LogP contribution < -0.4 is 15.5 Å². The van der Waals surface area contributed by atoms with E-state index in [0.29, 0.717) is 35.7 Å². The van der Waals surface area contributed by atoms with Crippen LogP contribution in [0.15, 0.2) is 41.4 Å². The number of aliphatic imine (C=N–C) groups is 1. The van der Waals surface area contributed by atoms with E-state index in [0.717, 1.165) is 0 Å². The highest BCUT2D eigenvalue weighted by molar-refractivity contribution is 6.12. The predicted octanol–water partition coefficient (Wildman–Crippen LogP) is 2.34. The fourth-order valence-corrected chi connectivity index (χ4v) is 3.25. The first kappa shape index (κ1) is 17.1. The Morgan fingerprint density at radius 2 is 2.00 bits per heavy atom. The van der Waals surface area contributed by atoms with E-state index in [2.05, 4.69) is 15.6 Å². The summed E-state index contributed by atoms with van der Waals surface area (Å²) in [5, 5.41) is 5.30. The van der Waals surface area contributed by atoms with Crippen LogP contribution in [0.3, 0.4) is 0 Å². The topological polar surface area (TPSA) is 73.8 Å². The molecule has 0 radical (unpaired) electrons. The van der Waals surface area contributed by atoms with Crippen LogP contribution in [0.1, 0.15) is 11.5 Å². The lowest BCUT2D eigenvalue weighted by atomic mass is 10.0. The van der Waals surface area contributed by atoms with E-state index in [1.807, 2.05) is 0 Å². The van der Waals surface area contributed by atoms with Crippen molar-refractivity contribution >= 4 is 35.1 Å². The van der Waals surface area contributed by atoms with Gasteiger partial charge in [-0.1, -0.05) is 6.07 Å². The van der Waals surface area contributed by atoms with E-state index < -0.39 is 17.6 Å². The van der Waals surface area contributed by atoms with E-state index in [1.165, 1.54) is 30.5 Å². The molecule has 2 aromatic rings. The SMILES string of the molecule is O=C1CN(c2ccc(N=CC3C(=O)Nc4cc(F)ccc43)cc2F)CCN1. The third kappa shape index (κ3) is 3.38. The van der Waals surface area contributed by atoms with Crippen molar-refractivity contribution in [3.8, 4) is 0 Å². The van der Waals surface area contributed by atoms with Crippen LogP contribution in [0.25, 0.3) is 0 Å². The lowest BCUT2D eigenvalue weighted by molar-refractivity contribution is -0.120. The highest BCUT2D eigenvalue weighted by Gasteiger charge is 2.29. The number of nitrogens with zero attached hydrogens (tertiary/aromatic N) is 2. The number of nitrogens with one attached hydrogen (secondary N) is 2. The molecule has 138 valence electrons. The summed E-state index contributed by atoms with van der Waals surface area (Å²) in [5.74, 6) is -2.04. The van der Waals surface area contributed by atoms with Gasteiger partial charge in [0.25, 0.3) is 0 Å². The maximum atomic E-state index is 14.5. The molecule has 2 aliphatic rings. The zero-order chi connectivity index (χ0) is 19.0. The molecule has 4 rings (SSSR count). The molecule has 2 aromatic carbocycles. The minimum Gasteiger partial charge on any atom is -0.358 e. The Bertz CT molecular complexity index is 961. The molecule has 1 fully saturated rings. The maximum absolute atomic E-state index is 14.5. The summed E-state index contributed by atoms with van der Waals surface area (Å²) in [6.45, 7) is 1.10. The standard InChI is InChI=1S/C19H16F2N4O2/c20-11-1-3-13-14(19(27)24-16(13)7-11)9-23-12-2-4-17(15(21)8-12)25-6-5-22-18(26)10-25/h1-4,7-9,14H,5-6,10H2,(H,22,26)(H,24,27). The molecule has 2 aliphatic heterocycles. The third-order valence-electron chi connectivity index (χ3n) is 4.57. The summed E-state index contributed by atoms with van der Waals surface area (Å²) in [7, 11) is 0. The van der Waals surface area contributed by atoms with E-state index >= 15 is 0 Å². The summed E-state index contributed by atoms with van der Waals surface area (Å²) >= 11 is 0. The first-order valence-electron chi connectivity index (χ1n) is 8.47. The first-order chi connectivity index (χ1) is 13.0. The van der Waals surface area contributed by atoms with Crippen LogP contribution >= 0.6 is 0 Å². The normalized spacial score (nSPS) is 19.2. The second kappa shape index (κ2) is 6.79. The Morgan fingerprint density at radius 1 is 1.15 bits per heavy atom. The van der Waals surface area contributed by atoms with Gasteiger partial charge in [-0.15, -0.1) is 0 Å². The minimum absolute atomic E-state index is 0.106. The molecule has 6 nitrogen and oxygen atoms in total. The first-order valence-corrected chi connectivity index (χ1v) is 8.47. The van der Waals surface area contributed by atoms with Gasteiger partial charge < -0.3 is 15.5 Å². The number of carbonyl (C=O) groups is 2. The molecule has 0 bridgehead atoms. The van der Waals surface area contributed by atoms with Crippen molar-refractivity contribution in [3.63, 3.8) is 0 Å². The number of piperazine rings is 1. The summed E-state index contributed by atoms with van der Waals surface area (Å²) in [5.41, 5.74) is 1.73. The van der Waals surface area contributed by atoms with Gasteiger partial charge in [0.1, 0.15) is 17.6 Å². The van der Waals surface area contributed by atoms with Crippen LogP contribution in [0.2, 0.25) is 0 Å². The summed E-state index contributed by atoms with van der Waals surface area (Å²) < 4.78 is 27.7. The smallest absolute Gasteiger partial charge is 0.239 e. The maximum Gasteiger partial charge on any atom is 0.239 e. The zero-order valence-electron chi connectivity index (χ0n) is 14.2. The van der Waals surface area contributed by atoms with E-state index in [4.69, 9.17) is 0 Å². The van der Waals surface area contributed by atoms with Crippen molar-refractivity contribution in [2.45, 2.75) is 5.92 Å². The van der Waals surface area contributed by atoms with Gasteiger partial charge in [-0.25, -0.2) is 8.78 Å². The Labute approximate surface area is 153 Å². The average Bonchev–Trinajstić information content (AvgIpc) is 2.94. The Kier molecular flexibility index (Phi) is 4.31. The number of benzene rings is 2. The van der Waals surface area contributed by atoms with E-state index in [-0.39, 0.29) is 18.4 Å². The van der Waals surface area contributed by atoms with Crippen molar-refractivity contribution < 1.29 is 18.4 Å². The molecule has 2 heterocycles. The number of fused-ring (bicyclic) bond motifs is 1. The highest BCUT2D eigenvalue weighted by atomic mass is 19.1. The second-order valence-corrected chi connectivity index (χ2v) is 6.38. The zero-order valence-corrected chi connectivity index (χ0v) is 14.2. The quantitative estimate of drug-likeness (QED) is 0.815. The van der Waals surface area contributed by atoms with Gasteiger partial charge >= 0.3 is 0 Å². The Hall–Kier alpha value is -3.29. The van der Waals surface area contributed by atoms with Gasteiger partial charge in [0.05, 0.1) is 17.9 Å². The third-order valence-corrected chi connectivity index (χ3v) is 4.57. The molecule has 2 amide bonds. The van der Waals surface area contributed by atoms with Crippen molar-refractivity contribution in [1.29, 1.82) is 0 Å². The molecule has 0 aliphatic carbocycles. The number of anilines is 2. The molecule has 1 saturated heterocycles. The number of hydrogen-bond donors (Lipinski definition) is 2. The largest absolute Gasteiger partial charge is 0.358 e. The monoisotopic (exact) mass is 370 g/mol. The Balaban J connectivity index is 1.54. The van der Waals surface area contributed by atoms with E-state index in [1.54, 1.807) is 17.0 Å². The summed E-state index contributed by atoms with van der Waals surface area (Å²) in [4.78, 5) is 29.4. The molecule has 0 spiro atoms.